The monoisotopic (exact) mass is 290 g/mol. The van der Waals surface area contributed by atoms with Crippen LogP contribution >= 0.6 is 11.8 Å². The molecule has 0 fully saturated rings. The fourth-order valence-electron chi connectivity index (χ4n) is 1.32. The molecule has 20 heavy (non-hydrogen) atoms. The van der Waals surface area contributed by atoms with Gasteiger partial charge in [-0.2, -0.15) is 0 Å². The maximum Gasteiger partial charge on any atom is 0.270 e. The number of carbonyl (C=O) groups is 2. The highest BCUT2D eigenvalue weighted by Crippen LogP contribution is 2.13. The molecule has 5 nitrogen and oxygen atoms in total. The molecular weight excluding hydrogens is 276 g/mol. The normalized spacial score (nSPS) is 9.85. The predicted octanol–water partition coefficient (Wildman–Crippen LogP) is 2.11. The maximum atomic E-state index is 11.3. The summed E-state index contributed by atoms with van der Waals surface area (Å²) in [5.74, 6) is 6.00. The molecule has 0 aliphatic heterocycles. The van der Waals surface area contributed by atoms with E-state index < -0.39 is 5.91 Å². The van der Waals surface area contributed by atoms with Gasteiger partial charge in [-0.15, -0.1) is 0 Å². The van der Waals surface area contributed by atoms with E-state index in [9.17, 15) is 9.59 Å². The lowest BCUT2D eigenvalue weighted by Crippen LogP contribution is -2.13. The molecule has 0 unspecified atom stereocenters. The molecule has 104 valence electrons. The van der Waals surface area contributed by atoms with Crippen molar-refractivity contribution in [2.45, 2.75) is 13.3 Å². The lowest BCUT2D eigenvalue weighted by molar-refractivity contribution is -0.110. The van der Waals surface area contributed by atoms with Crippen molar-refractivity contribution in [3.05, 3.63) is 29.8 Å². The van der Waals surface area contributed by atoms with Crippen LogP contribution in [0.25, 0.3) is 0 Å². The molecule has 1 aromatic rings. The first-order valence-corrected chi connectivity index (χ1v) is 6.81. The van der Waals surface area contributed by atoms with Crippen molar-refractivity contribution < 1.29 is 14.8 Å². The SMILES string of the molecule is CC(=O)SCCC#Cc1ccccc1NC(=O)C=NO. The average Bonchev–Trinajstić information content (AvgIpc) is 2.40. The third kappa shape index (κ3) is 6.07. The quantitative estimate of drug-likeness (QED) is 0.293. The molecule has 6 heteroatoms. The lowest BCUT2D eigenvalue weighted by atomic mass is 10.2. The Labute approximate surface area is 121 Å². The number of hydrogen-bond donors (Lipinski definition) is 2. The highest BCUT2D eigenvalue weighted by molar-refractivity contribution is 8.13. The van der Waals surface area contributed by atoms with Crippen molar-refractivity contribution >= 4 is 34.7 Å². The van der Waals surface area contributed by atoms with Gasteiger partial charge in [0.15, 0.2) is 5.12 Å². The molecule has 0 atom stereocenters. The number of hydrogen-bond acceptors (Lipinski definition) is 5. The van der Waals surface area contributed by atoms with Crippen LogP contribution in [0.3, 0.4) is 0 Å². The first-order valence-electron chi connectivity index (χ1n) is 5.83. The van der Waals surface area contributed by atoms with Crippen LogP contribution in [-0.4, -0.2) is 28.2 Å². The summed E-state index contributed by atoms with van der Waals surface area (Å²) in [4.78, 5) is 22.1. The van der Waals surface area contributed by atoms with Gasteiger partial charge in [-0.1, -0.05) is 40.9 Å². The Morgan fingerprint density at radius 2 is 2.20 bits per heavy atom. The number of thioether (sulfide) groups is 1. The van der Waals surface area contributed by atoms with Crippen LogP contribution < -0.4 is 5.32 Å². The lowest BCUT2D eigenvalue weighted by Gasteiger charge is -2.03. The number of amides is 1. The van der Waals surface area contributed by atoms with E-state index >= 15 is 0 Å². The van der Waals surface area contributed by atoms with Crippen molar-refractivity contribution in [3.8, 4) is 11.8 Å². The Morgan fingerprint density at radius 3 is 2.90 bits per heavy atom. The molecule has 1 amide bonds. The van der Waals surface area contributed by atoms with E-state index in [0.29, 0.717) is 23.4 Å². The standard InChI is InChI=1S/C14H14N2O3S/c1-11(17)20-9-5-4-7-12-6-2-3-8-13(12)16-14(18)10-15-19/h2-3,6,8,10,19H,5,9H2,1H3,(H,16,18). The fraction of sp³-hybridized carbons (Fsp3) is 0.214. The van der Waals surface area contributed by atoms with Crippen molar-refractivity contribution in [2.24, 2.45) is 5.16 Å². The molecule has 0 saturated carbocycles. The van der Waals surface area contributed by atoms with Gasteiger partial charge in [0.05, 0.1) is 5.69 Å². The number of nitrogens with zero attached hydrogens (tertiary/aromatic N) is 1. The van der Waals surface area contributed by atoms with Crippen LogP contribution in [0.1, 0.15) is 18.9 Å². The molecule has 0 bridgehead atoms. The molecular formula is C14H14N2O3S. The van der Waals surface area contributed by atoms with Crippen LogP contribution in [0.4, 0.5) is 5.69 Å². The highest BCUT2D eigenvalue weighted by atomic mass is 32.2. The van der Waals surface area contributed by atoms with Crippen LogP contribution in [0, 0.1) is 11.8 Å². The second-order valence-electron chi connectivity index (χ2n) is 3.67. The highest BCUT2D eigenvalue weighted by Gasteiger charge is 2.02. The Morgan fingerprint density at radius 1 is 1.45 bits per heavy atom. The van der Waals surface area contributed by atoms with Gasteiger partial charge in [0, 0.05) is 24.7 Å². The van der Waals surface area contributed by atoms with Gasteiger partial charge in [0.1, 0.15) is 6.21 Å². The third-order valence-corrected chi connectivity index (χ3v) is 2.93. The van der Waals surface area contributed by atoms with Crippen molar-refractivity contribution in [1.82, 2.24) is 0 Å². The number of anilines is 1. The van der Waals surface area contributed by atoms with E-state index in [0.717, 1.165) is 6.21 Å². The number of nitrogens with one attached hydrogen (secondary N) is 1. The molecule has 1 rings (SSSR count). The van der Waals surface area contributed by atoms with E-state index in [1.165, 1.54) is 18.7 Å². The van der Waals surface area contributed by atoms with E-state index in [2.05, 4.69) is 22.3 Å². The number of benzene rings is 1. The van der Waals surface area contributed by atoms with Crippen molar-refractivity contribution in [2.75, 3.05) is 11.1 Å². The molecule has 2 N–H and O–H groups in total. The van der Waals surface area contributed by atoms with Gasteiger partial charge in [0.2, 0.25) is 0 Å². The average molecular weight is 290 g/mol. The van der Waals surface area contributed by atoms with Gasteiger partial charge in [-0.3, -0.25) is 9.59 Å². The molecule has 0 radical (unpaired) electrons. The largest absolute Gasteiger partial charge is 0.411 e. The predicted molar refractivity (Wildman–Crippen MR) is 80.0 cm³/mol. The summed E-state index contributed by atoms with van der Waals surface area (Å²) in [6.07, 6.45) is 1.36. The first-order chi connectivity index (χ1) is 9.63. The fourth-order valence-corrected chi connectivity index (χ4v) is 1.81. The summed E-state index contributed by atoms with van der Waals surface area (Å²) in [7, 11) is 0. The van der Waals surface area contributed by atoms with Crippen LogP contribution in [0.15, 0.2) is 29.4 Å². The second kappa shape index (κ2) is 8.77. The zero-order valence-electron chi connectivity index (χ0n) is 10.9. The van der Waals surface area contributed by atoms with Crippen LogP contribution in [-0.2, 0) is 9.59 Å². The molecule has 0 heterocycles. The summed E-state index contributed by atoms with van der Waals surface area (Å²) < 4.78 is 0. The van der Waals surface area contributed by atoms with E-state index in [1.807, 2.05) is 6.07 Å². The summed E-state index contributed by atoms with van der Waals surface area (Å²) in [5, 5.41) is 13.6. The van der Waals surface area contributed by atoms with E-state index in [4.69, 9.17) is 5.21 Å². The zero-order chi connectivity index (χ0) is 14.8. The molecule has 0 aliphatic carbocycles. The van der Waals surface area contributed by atoms with Crippen LogP contribution in [0.5, 0.6) is 0 Å². The number of para-hydroxylation sites is 1. The summed E-state index contributed by atoms with van der Waals surface area (Å²) in [6, 6.07) is 7.06. The van der Waals surface area contributed by atoms with Gasteiger partial charge >= 0.3 is 0 Å². The van der Waals surface area contributed by atoms with Gasteiger partial charge in [-0.05, 0) is 12.1 Å². The Bertz CT molecular complexity index is 573. The van der Waals surface area contributed by atoms with Gasteiger partial charge < -0.3 is 10.5 Å². The Balaban J connectivity index is 2.68. The van der Waals surface area contributed by atoms with Crippen LogP contribution in [0.2, 0.25) is 0 Å². The van der Waals surface area contributed by atoms with E-state index in [1.54, 1.807) is 18.2 Å². The Hall–Kier alpha value is -2.26. The first kappa shape index (κ1) is 15.8. The number of rotatable bonds is 4. The molecule has 0 aliphatic rings. The summed E-state index contributed by atoms with van der Waals surface area (Å²) in [6.45, 7) is 1.52. The molecule has 0 aromatic heterocycles. The summed E-state index contributed by atoms with van der Waals surface area (Å²) >= 11 is 1.23. The molecule has 0 spiro atoms. The van der Waals surface area contributed by atoms with Crippen molar-refractivity contribution in [1.29, 1.82) is 0 Å². The van der Waals surface area contributed by atoms with Crippen molar-refractivity contribution in [3.63, 3.8) is 0 Å². The van der Waals surface area contributed by atoms with Gasteiger partial charge in [-0.25, -0.2) is 0 Å². The number of carbonyl (C=O) groups excluding carboxylic acids is 2. The Kier molecular flexibility index (Phi) is 6.93. The third-order valence-electron chi connectivity index (χ3n) is 2.12. The minimum absolute atomic E-state index is 0.0720. The minimum atomic E-state index is -0.533. The van der Waals surface area contributed by atoms with E-state index in [-0.39, 0.29) is 5.12 Å². The molecule has 0 saturated heterocycles. The summed E-state index contributed by atoms with van der Waals surface area (Å²) in [5.41, 5.74) is 1.21. The topological polar surface area (TPSA) is 78.8 Å². The molecule has 1 aromatic carbocycles. The maximum absolute atomic E-state index is 11.3. The smallest absolute Gasteiger partial charge is 0.270 e. The number of oxime groups is 1. The zero-order valence-corrected chi connectivity index (χ0v) is 11.7. The second-order valence-corrected chi connectivity index (χ2v) is 4.94. The minimum Gasteiger partial charge on any atom is -0.411 e. The van der Waals surface area contributed by atoms with Gasteiger partial charge in [0.25, 0.3) is 5.91 Å².